The SMILES string of the molecule is Cn1c(=O)c(C(=O)Nc2cc([N+](=O)[O-])ccc2O)c([O-])c2ccccc21. The highest BCUT2D eigenvalue weighted by Crippen LogP contribution is 2.29. The van der Waals surface area contributed by atoms with E-state index in [1.54, 1.807) is 18.2 Å². The number of phenolic OH excluding ortho intramolecular Hbond substituents is 1. The molecular weight excluding hydrogens is 342 g/mol. The van der Waals surface area contributed by atoms with Gasteiger partial charge in [-0.2, -0.15) is 0 Å². The van der Waals surface area contributed by atoms with E-state index in [4.69, 9.17) is 0 Å². The summed E-state index contributed by atoms with van der Waals surface area (Å²) in [7, 11) is 1.42. The van der Waals surface area contributed by atoms with Crippen molar-refractivity contribution in [2.24, 2.45) is 7.05 Å². The molecule has 0 fully saturated rings. The van der Waals surface area contributed by atoms with Crippen LogP contribution in [0.25, 0.3) is 10.9 Å². The molecule has 0 aliphatic rings. The Morgan fingerprint density at radius 1 is 1.23 bits per heavy atom. The van der Waals surface area contributed by atoms with Gasteiger partial charge in [-0.3, -0.25) is 19.7 Å². The Morgan fingerprint density at radius 3 is 2.62 bits per heavy atom. The number of amides is 1. The summed E-state index contributed by atoms with van der Waals surface area (Å²) in [6.45, 7) is 0. The van der Waals surface area contributed by atoms with E-state index in [2.05, 4.69) is 5.32 Å². The molecule has 2 N–H and O–H groups in total. The van der Waals surface area contributed by atoms with Crippen molar-refractivity contribution in [3.05, 3.63) is 68.5 Å². The van der Waals surface area contributed by atoms with E-state index in [0.29, 0.717) is 5.52 Å². The summed E-state index contributed by atoms with van der Waals surface area (Å²) in [4.78, 5) is 35.0. The highest BCUT2D eigenvalue weighted by Gasteiger charge is 2.19. The first-order valence-corrected chi connectivity index (χ1v) is 7.38. The number of hydrogen-bond donors (Lipinski definition) is 2. The summed E-state index contributed by atoms with van der Waals surface area (Å²) in [5, 5.41) is 35.5. The number of rotatable bonds is 3. The van der Waals surface area contributed by atoms with Crippen LogP contribution in [0.5, 0.6) is 11.5 Å². The number of aromatic hydroxyl groups is 1. The van der Waals surface area contributed by atoms with Crippen LogP contribution < -0.4 is 16.0 Å². The number of anilines is 1. The van der Waals surface area contributed by atoms with E-state index in [-0.39, 0.29) is 16.8 Å². The van der Waals surface area contributed by atoms with Crippen LogP contribution in [0.4, 0.5) is 11.4 Å². The third-order valence-corrected chi connectivity index (χ3v) is 3.92. The summed E-state index contributed by atoms with van der Waals surface area (Å²) in [5.41, 5.74) is -1.73. The monoisotopic (exact) mass is 354 g/mol. The number of non-ortho nitro benzene ring substituents is 1. The molecule has 0 aliphatic heterocycles. The molecule has 132 valence electrons. The van der Waals surface area contributed by atoms with Gasteiger partial charge in [0.1, 0.15) is 5.75 Å². The summed E-state index contributed by atoms with van der Waals surface area (Å²) in [6, 6.07) is 9.34. The predicted octanol–water partition coefficient (Wildman–Crippen LogP) is 1.48. The summed E-state index contributed by atoms with van der Waals surface area (Å²) >= 11 is 0. The van der Waals surface area contributed by atoms with Crippen LogP contribution in [0.15, 0.2) is 47.3 Å². The average Bonchev–Trinajstić information content (AvgIpc) is 2.61. The van der Waals surface area contributed by atoms with Crippen LogP contribution >= 0.6 is 0 Å². The van der Waals surface area contributed by atoms with E-state index in [0.717, 1.165) is 18.2 Å². The fourth-order valence-electron chi connectivity index (χ4n) is 2.59. The Hall–Kier alpha value is -3.88. The molecule has 0 atom stereocenters. The molecule has 0 spiro atoms. The maximum absolute atomic E-state index is 12.5. The van der Waals surface area contributed by atoms with Gasteiger partial charge in [0.2, 0.25) is 0 Å². The highest BCUT2D eigenvalue weighted by atomic mass is 16.6. The van der Waals surface area contributed by atoms with Crippen LogP contribution in [0.3, 0.4) is 0 Å². The molecule has 0 bridgehead atoms. The first-order chi connectivity index (χ1) is 12.3. The molecule has 26 heavy (non-hydrogen) atoms. The number of aromatic nitrogens is 1. The number of para-hydroxylation sites is 1. The van der Waals surface area contributed by atoms with Crippen molar-refractivity contribution in [2.75, 3.05) is 5.32 Å². The second-order valence-electron chi connectivity index (χ2n) is 5.50. The maximum Gasteiger partial charge on any atom is 0.271 e. The van der Waals surface area contributed by atoms with Gasteiger partial charge >= 0.3 is 0 Å². The van der Waals surface area contributed by atoms with Gasteiger partial charge < -0.3 is 20.1 Å². The zero-order chi connectivity index (χ0) is 19.0. The number of nitrogens with one attached hydrogen (secondary N) is 1. The van der Waals surface area contributed by atoms with Crippen LogP contribution in [-0.4, -0.2) is 20.5 Å². The molecule has 0 saturated heterocycles. The number of nitrogens with zero attached hydrogens (tertiary/aromatic N) is 2. The molecule has 9 heteroatoms. The summed E-state index contributed by atoms with van der Waals surface area (Å²) in [6.07, 6.45) is 0. The minimum Gasteiger partial charge on any atom is -0.871 e. The molecule has 9 nitrogen and oxygen atoms in total. The number of benzene rings is 2. The number of nitro groups is 1. The lowest BCUT2D eigenvalue weighted by molar-refractivity contribution is -0.384. The van der Waals surface area contributed by atoms with Crippen LogP contribution in [-0.2, 0) is 7.05 Å². The van der Waals surface area contributed by atoms with Gasteiger partial charge in [-0.25, -0.2) is 0 Å². The van der Waals surface area contributed by atoms with E-state index >= 15 is 0 Å². The lowest BCUT2D eigenvalue weighted by Crippen LogP contribution is -2.30. The van der Waals surface area contributed by atoms with Gasteiger partial charge in [0.25, 0.3) is 17.2 Å². The van der Waals surface area contributed by atoms with E-state index in [9.17, 15) is 29.9 Å². The van der Waals surface area contributed by atoms with Crippen molar-refractivity contribution in [3.8, 4) is 11.5 Å². The van der Waals surface area contributed by atoms with Gasteiger partial charge in [-0.15, -0.1) is 0 Å². The Morgan fingerprint density at radius 2 is 1.92 bits per heavy atom. The number of carbonyl (C=O) groups excluding carboxylic acids is 1. The smallest absolute Gasteiger partial charge is 0.271 e. The molecule has 1 aromatic heterocycles. The lowest BCUT2D eigenvalue weighted by atomic mass is 10.1. The van der Waals surface area contributed by atoms with E-state index < -0.39 is 33.5 Å². The summed E-state index contributed by atoms with van der Waals surface area (Å²) < 4.78 is 1.17. The van der Waals surface area contributed by atoms with E-state index in [1.807, 2.05) is 0 Å². The Kier molecular flexibility index (Phi) is 4.05. The molecule has 1 amide bonds. The van der Waals surface area contributed by atoms with Crippen molar-refractivity contribution in [1.82, 2.24) is 4.57 Å². The fraction of sp³-hybridized carbons (Fsp3) is 0.0588. The minimum absolute atomic E-state index is 0.183. The Balaban J connectivity index is 2.11. The number of pyridine rings is 1. The minimum atomic E-state index is -1.06. The maximum atomic E-state index is 12.5. The normalized spacial score (nSPS) is 10.7. The number of phenols is 1. The molecule has 1 heterocycles. The molecule has 3 aromatic rings. The van der Waals surface area contributed by atoms with Crippen molar-refractivity contribution in [1.29, 1.82) is 0 Å². The van der Waals surface area contributed by atoms with Crippen LogP contribution in [0.2, 0.25) is 0 Å². The van der Waals surface area contributed by atoms with Crippen molar-refractivity contribution in [2.45, 2.75) is 0 Å². The number of fused-ring (bicyclic) bond motifs is 1. The molecule has 2 aromatic carbocycles. The molecular formula is C17H12N3O6-. The molecule has 3 rings (SSSR count). The fourth-order valence-corrected chi connectivity index (χ4v) is 2.59. The van der Waals surface area contributed by atoms with Gasteiger partial charge in [0, 0.05) is 19.2 Å². The average molecular weight is 354 g/mol. The zero-order valence-electron chi connectivity index (χ0n) is 13.4. The third kappa shape index (κ3) is 2.71. The highest BCUT2D eigenvalue weighted by molar-refractivity contribution is 6.09. The third-order valence-electron chi connectivity index (χ3n) is 3.92. The van der Waals surface area contributed by atoms with Gasteiger partial charge in [-0.1, -0.05) is 23.9 Å². The number of carbonyl (C=O) groups is 1. The van der Waals surface area contributed by atoms with Crippen molar-refractivity contribution < 1.29 is 19.9 Å². The summed E-state index contributed by atoms with van der Waals surface area (Å²) in [5.74, 6) is -2.25. The number of hydrogen-bond acceptors (Lipinski definition) is 6. The number of nitro benzene ring substituents is 1. The first-order valence-electron chi connectivity index (χ1n) is 7.38. The topological polar surface area (TPSA) is 138 Å². The van der Waals surface area contributed by atoms with Crippen LogP contribution in [0, 0.1) is 10.1 Å². The molecule has 0 radical (unpaired) electrons. The molecule has 0 unspecified atom stereocenters. The van der Waals surface area contributed by atoms with Gasteiger partial charge in [0.15, 0.2) is 0 Å². The Labute approximate surface area is 145 Å². The standard InChI is InChI=1S/C17H13N3O6/c1-19-12-5-3-2-4-10(12)15(22)14(17(19)24)16(23)18-11-8-9(20(25)26)6-7-13(11)21/h2-8,21-22H,1H3,(H,18,23)/p-1. The second kappa shape index (κ2) is 6.20. The number of aryl methyl sites for hydroxylation is 1. The predicted molar refractivity (Wildman–Crippen MR) is 91.3 cm³/mol. The van der Waals surface area contributed by atoms with E-state index in [1.165, 1.54) is 17.7 Å². The lowest BCUT2D eigenvalue weighted by Gasteiger charge is -2.18. The van der Waals surface area contributed by atoms with Crippen molar-refractivity contribution in [3.63, 3.8) is 0 Å². The van der Waals surface area contributed by atoms with Gasteiger partial charge in [-0.05, 0) is 17.5 Å². The Bertz CT molecular complexity index is 1120. The zero-order valence-corrected chi connectivity index (χ0v) is 13.4. The largest absolute Gasteiger partial charge is 0.871 e. The molecule has 0 aliphatic carbocycles. The van der Waals surface area contributed by atoms with Gasteiger partial charge in [0.05, 0.1) is 21.7 Å². The quantitative estimate of drug-likeness (QED) is 0.415. The van der Waals surface area contributed by atoms with Crippen LogP contribution in [0.1, 0.15) is 10.4 Å². The second-order valence-corrected chi connectivity index (χ2v) is 5.50. The first kappa shape index (κ1) is 17.0. The molecule has 0 saturated carbocycles. The van der Waals surface area contributed by atoms with Crippen molar-refractivity contribution >= 4 is 28.2 Å².